The van der Waals surface area contributed by atoms with Crippen LogP contribution in [0.2, 0.25) is 0 Å². The molecule has 1 atom stereocenters. The van der Waals surface area contributed by atoms with Crippen molar-refractivity contribution in [2.24, 2.45) is 0 Å². The number of amides is 1. The molecule has 0 saturated heterocycles. The Labute approximate surface area is 119 Å². The third kappa shape index (κ3) is 3.21. The van der Waals surface area contributed by atoms with Crippen molar-refractivity contribution in [3.8, 4) is 0 Å². The number of halogens is 1. The Hall–Kier alpha value is -1.13. The van der Waals surface area contributed by atoms with Gasteiger partial charge in [-0.15, -0.1) is 11.3 Å². The standard InChI is InChI=1S/C14H14BrNOS/c1-9-3-5-11(6-4-9)10(2)16-14(17)12-7-8-13(15)18-12/h3-8,10H,1-2H3,(H,16,17)/t10-/m0/s1. The molecule has 1 aromatic heterocycles. The minimum atomic E-state index is -0.0289. The molecule has 0 bridgehead atoms. The van der Waals surface area contributed by atoms with Gasteiger partial charge in [0.2, 0.25) is 0 Å². The fourth-order valence-corrected chi connectivity index (χ4v) is 2.93. The normalized spacial score (nSPS) is 12.2. The van der Waals surface area contributed by atoms with E-state index >= 15 is 0 Å². The molecule has 1 amide bonds. The maximum atomic E-state index is 12.0. The summed E-state index contributed by atoms with van der Waals surface area (Å²) in [7, 11) is 0. The maximum Gasteiger partial charge on any atom is 0.261 e. The predicted octanol–water partition coefficient (Wildman–Crippen LogP) is 4.31. The Morgan fingerprint density at radius 1 is 1.22 bits per heavy atom. The molecule has 2 nitrogen and oxygen atoms in total. The number of carbonyl (C=O) groups is 1. The monoisotopic (exact) mass is 323 g/mol. The largest absolute Gasteiger partial charge is 0.345 e. The number of hydrogen-bond acceptors (Lipinski definition) is 2. The molecule has 0 saturated carbocycles. The lowest BCUT2D eigenvalue weighted by molar-refractivity contribution is 0.0944. The summed E-state index contributed by atoms with van der Waals surface area (Å²) in [4.78, 5) is 12.7. The third-order valence-electron chi connectivity index (χ3n) is 2.72. The molecule has 4 heteroatoms. The molecule has 0 aliphatic carbocycles. The zero-order valence-electron chi connectivity index (χ0n) is 10.2. The topological polar surface area (TPSA) is 29.1 Å². The Kier molecular flexibility index (Phi) is 4.19. The predicted molar refractivity (Wildman–Crippen MR) is 79.1 cm³/mol. The van der Waals surface area contributed by atoms with Gasteiger partial charge in [-0.05, 0) is 47.5 Å². The van der Waals surface area contributed by atoms with Crippen LogP contribution in [0.1, 0.15) is 33.8 Å². The Morgan fingerprint density at radius 3 is 2.44 bits per heavy atom. The first kappa shape index (κ1) is 13.3. The van der Waals surface area contributed by atoms with E-state index in [0.717, 1.165) is 14.2 Å². The lowest BCUT2D eigenvalue weighted by Crippen LogP contribution is -2.25. The first-order valence-corrected chi connectivity index (χ1v) is 7.30. The van der Waals surface area contributed by atoms with Gasteiger partial charge in [0.25, 0.3) is 5.91 Å². The molecule has 1 heterocycles. The summed E-state index contributed by atoms with van der Waals surface area (Å²) in [6, 6.07) is 11.9. The Bertz CT molecular complexity index is 547. The van der Waals surface area contributed by atoms with Crippen molar-refractivity contribution in [1.82, 2.24) is 5.32 Å². The SMILES string of the molecule is Cc1ccc([C@H](C)NC(=O)c2ccc(Br)s2)cc1. The van der Waals surface area contributed by atoms with E-state index in [-0.39, 0.29) is 11.9 Å². The number of carbonyl (C=O) groups excluding carboxylic acids is 1. The molecule has 2 rings (SSSR count). The highest BCUT2D eigenvalue weighted by atomic mass is 79.9. The van der Waals surface area contributed by atoms with Crippen LogP contribution in [0.4, 0.5) is 0 Å². The molecule has 0 aliphatic heterocycles. The lowest BCUT2D eigenvalue weighted by Gasteiger charge is -2.13. The maximum absolute atomic E-state index is 12.0. The van der Waals surface area contributed by atoms with Gasteiger partial charge < -0.3 is 5.32 Å². The van der Waals surface area contributed by atoms with Crippen molar-refractivity contribution in [2.45, 2.75) is 19.9 Å². The summed E-state index contributed by atoms with van der Waals surface area (Å²) < 4.78 is 0.968. The summed E-state index contributed by atoms with van der Waals surface area (Å²) in [5, 5.41) is 3.00. The van der Waals surface area contributed by atoms with Crippen LogP contribution in [0.15, 0.2) is 40.2 Å². The molecular formula is C14H14BrNOS. The van der Waals surface area contributed by atoms with Gasteiger partial charge in [-0.2, -0.15) is 0 Å². The van der Waals surface area contributed by atoms with Gasteiger partial charge in [0, 0.05) is 0 Å². The van der Waals surface area contributed by atoms with E-state index in [0.29, 0.717) is 0 Å². The summed E-state index contributed by atoms with van der Waals surface area (Å²) in [6.45, 7) is 4.04. The van der Waals surface area contributed by atoms with Gasteiger partial charge in [-0.25, -0.2) is 0 Å². The lowest BCUT2D eigenvalue weighted by atomic mass is 10.1. The van der Waals surface area contributed by atoms with E-state index in [1.165, 1.54) is 16.9 Å². The average Bonchev–Trinajstić information content (AvgIpc) is 2.76. The molecule has 2 aromatic rings. The first-order valence-electron chi connectivity index (χ1n) is 5.69. The summed E-state index contributed by atoms with van der Waals surface area (Å²) in [5.74, 6) is -0.0289. The van der Waals surface area contributed by atoms with Gasteiger partial charge >= 0.3 is 0 Å². The van der Waals surface area contributed by atoms with E-state index in [9.17, 15) is 4.79 Å². The van der Waals surface area contributed by atoms with Crippen LogP contribution in [-0.4, -0.2) is 5.91 Å². The number of aryl methyl sites for hydroxylation is 1. The van der Waals surface area contributed by atoms with Crippen molar-refractivity contribution in [3.05, 3.63) is 56.2 Å². The molecular weight excluding hydrogens is 310 g/mol. The number of benzene rings is 1. The van der Waals surface area contributed by atoms with E-state index in [4.69, 9.17) is 0 Å². The minimum absolute atomic E-state index is 0.0129. The molecule has 18 heavy (non-hydrogen) atoms. The third-order valence-corrected chi connectivity index (χ3v) is 4.34. The molecule has 1 aromatic carbocycles. The molecule has 0 unspecified atom stereocenters. The average molecular weight is 324 g/mol. The fourth-order valence-electron chi connectivity index (χ4n) is 1.64. The van der Waals surface area contributed by atoms with Crippen LogP contribution in [0.3, 0.4) is 0 Å². The summed E-state index contributed by atoms with van der Waals surface area (Å²) >= 11 is 4.80. The van der Waals surface area contributed by atoms with Gasteiger partial charge in [0.1, 0.15) is 0 Å². The number of nitrogens with one attached hydrogen (secondary N) is 1. The smallest absolute Gasteiger partial charge is 0.261 e. The van der Waals surface area contributed by atoms with Crippen LogP contribution >= 0.6 is 27.3 Å². The number of rotatable bonds is 3. The van der Waals surface area contributed by atoms with Gasteiger partial charge in [-0.1, -0.05) is 29.8 Å². The quantitative estimate of drug-likeness (QED) is 0.895. The highest BCUT2D eigenvalue weighted by Crippen LogP contribution is 2.23. The first-order chi connectivity index (χ1) is 8.56. The van der Waals surface area contributed by atoms with Crippen molar-refractivity contribution < 1.29 is 4.79 Å². The molecule has 0 radical (unpaired) electrons. The van der Waals surface area contributed by atoms with Crippen LogP contribution in [-0.2, 0) is 0 Å². The van der Waals surface area contributed by atoms with E-state index in [1.54, 1.807) is 0 Å². The molecule has 0 aliphatic rings. The van der Waals surface area contributed by atoms with E-state index < -0.39 is 0 Å². The molecule has 94 valence electrons. The fraction of sp³-hybridized carbons (Fsp3) is 0.214. The van der Waals surface area contributed by atoms with Crippen molar-refractivity contribution in [3.63, 3.8) is 0 Å². The highest BCUT2D eigenvalue weighted by molar-refractivity contribution is 9.11. The zero-order valence-corrected chi connectivity index (χ0v) is 12.6. The van der Waals surface area contributed by atoms with Crippen molar-refractivity contribution >= 4 is 33.2 Å². The van der Waals surface area contributed by atoms with E-state index in [1.807, 2.05) is 31.2 Å². The van der Waals surface area contributed by atoms with Gasteiger partial charge in [0.15, 0.2) is 0 Å². The molecule has 1 N–H and O–H groups in total. The highest BCUT2D eigenvalue weighted by Gasteiger charge is 2.12. The van der Waals surface area contributed by atoms with Crippen molar-refractivity contribution in [2.75, 3.05) is 0 Å². The second kappa shape index (κ2) is 5.67. The minimum Gasteiger partial charge on any atom is -0.345 e. The second-order valence-corrected chi connectivity index (χ2v) is 6.67. The summed E-state index contributed by atoms with van der Waals surface area (Å²) in [5.41, 5.74) is 2.34. The summed E-state index contributed by atoms with van der Waals surface area (Å²) in [6.07, 6.45) is 0. The number of thiophene rings is 1. The van der Waals surface area contributed by atoms with Crippen LogP contribution < -0.4 is 5.32 Å². The Balaban J connectivity index is 2.05. The number of hydrogen-bond donors (Lipinski definition) is 1. The molecule has 0 fully saturated rings. The van der Waals surface area contributed by atoms with Gasteiger partial charge in [0.05, 0.1) is 14.7 Å². The zero-order chi connectivity index (χ0) is 13.1. The van der Waals surface area contributed by atoms with Crippen molar-refractivity contribution in [1.29, 1.82) is 0 Å². The van der Waals surface area contributed by atoms with Crippen LogP contribution in [0.25, 0.3) is 0 Å². The second-order valence-electron chi connectivity index (χ2n) is 4.21. The molecule has 0 spiro atoms. The van der Waals surface area contributed by atoms with E-state index in [2.05, 4.69) is 40.3 Å². The van der Waals surface area contributed by atoms with Gasteiger partial charge in [-0.3, -0.25) is 4.79 Å². The van der Waals surface area contributed by atoms with Crippen LogP contribution in [0.5, 0.6) is 0 Å². The van der Waals surface area contributed by atoms with Crippen LogP contribution in [0, 0.1) is 6.92 Å². The Morgan fingerprint density at radius 2 is 1.89 bits per heavy atom.